The average Bonchev–Trinajstić information content (AvgIpc) is 2.96. The van der Waals surface area contributed by atoms with Crippen LogP contribution in [0.15, 0.2) is 24.3 Å². The first-order chi connectivity index (χ1) is 10.3. The Morgan fingerprint density at radius 1 is 1.32 bits per heavy atom. The number of amidine groups is 1. The van der Waals surface area contributed by atoms with Crippen LogP contribution in [0, 0.1) is 17.2 Å². The largest absolute Gasteiger partial charge is 0.369 e. The summed E-state index contributed by atoms with van der Waals surface area (Å²) >= 11 is 5.92. The van der Waals surface area contributed by atoms with Crippen LogP contribution >= 0.6 is 11.6 Å². The Kier molecular flexibility index (Phi) is 3.96. The molecule has 4 unspecified atom stereocenters. The maximum Gasteiger partial charge on any atom is 0.158 e. The van der Waals surface area contributed by atoms with Crippen LogP contribution in [-0.4, -0.2) is 52.6 Å². The monoisotopic (exact) mass is 321 g/mol. The lowest BCUT2D eigenvalue weighted by atomic mass is 9.89. The van der Waals surface area contributed by atoms with Gasteiger partial charge in [0, 0.05) is 36.6 Å². The fraction of sp³-hybridized carbons (Fsp3) is 0.588. The predicted molar refractivity (Wildman–Crippen MR) is 89.3 cm³/mol. The number of likely N-dealkylation sites (N-methyl/N-ethyl adjacent to an activating group) is 1. The van der Waals surface area contributed by atoms with E-state index in [2.05, 4.69) is 18.7 Å². The molecule has 2 N–H and O–H groups in total. The minimum Gasteiger partial charge on any atom is -0.369 e. The molecule has 1 aromatic carbocycles. The van der Waals surface area contributed by atoms with Gasteiger partial charge in [0.05, 0.1) is 6.04 Å². The van der Waals surface area contributed by atoms with Crippen molar-refractivity contribution in [1.29, 1.82) is 5.41 Å². The molecule has 1 aromatic rings. The van der Waals surface area contributed by atoms with Crippen LogP contribution in [-0.2, 0) is 0 Å². The van der Waals surface area contributed by atoms with E-state index < -0.39 is 5.72 Å². The molecular weight excluding hydrogens is 298 g/mol. The number of rotatable bonds is 2. The third-order valence-electron chi connectivity index (χ3n) is 5.33. The maximum absolute atomic E-state index is 11.4. The van der Waals surface area contributed by atoms with Crippen LogP contribution < -0.4 is 0 Å². The topological polar surface area (TPSA) is 50.6 Å². The van der Waals surface area contributed by atoms with Crippen LogP contribution in [0.3, 0.4) is 0 Å². The normalized spacial score (nSPS) is 34.7. The molecule has 0 bridgehead atoms. The van der Waals surface area contributed by atoms with Crippen LogP contribution in [0.5, 0.6) is 0 Å². The van der Waals surface area contributed by atoms with E-state index in [1.54, 1.807) is 17.0 Å². The minimum atomic E-state index is -0.985. The van der Waals surface area contributed by atoms with Crippen molar-refractivity contribution in [3.63, 3.8) is 0 Å². The highest BCUT2D eigenvalue weighted by Crippen LogP contribution is 2.43. The lowest BCUT2D eigenvalue weighted by Gasteiger charge is -2.42. The molecular formula is C17H24ClN3O. The van der Waals surface area contributed by atoms with Gasteiger partial charge in [0.25, 0.3) is 0 Å². The summed E-state index contributed by atoms with van der Waals surface area (Å²) in [6, 6.07) is 7.34. The van der Waals surface area contributed by atoms with E-state index in [0.717, 1.165) is 25.1 Å². The molecule has 0 spiro atoms. The molecule has 0 aromatic heterocycles. The summed E-state index contributed by atoms with van der Waals surface area (Å²) in [5.41, 5.74) is -0.210. The Bertz CT molecular complexity index is 576. The van der Waals surface area contributed by atoms with E-state index >= 15 is 0 Å². The smallest absolute Gasteiger partial charge is 0.158 e. The van der Waals surface area contributed by atoms with Gasteiger partial charge in [-0.3, -0.25) is 10.3 Å². The van der Waals surface area contributed by atoms with Crippen molar-refractivity contribution in [3.8, 4) is 0 Å². The van der Waals surface area contributed by atoms with Crippen molar-refractivity contribution in [2.24, 2.45) is 11.8 Å². The van der Waals surface area contributed by atoms with E-state index in [4.69, 9.17) is 17.0 Å². The van der Waals surface area contributed by atoms with Gasteiger partial charge in [-0.2, -0.15) is 0 Å². The van der Waals surface area contributed by atoms with Crippen LogP contribution in [0.1, 0.15) is 25.8 Å². The quantitative estimate of drug-likeness (QED) is 0.500. The molecule has 2 aliphatic rings. The standard InChI is InChI=1S/C17H24ClN3O/c1-11-8-15-17(22,12(2)10-21(15)9-11)20(3)16(19)13-4-6-14(18)7-5-13/h4-7,11-12,15,19,22H,8-10H2,1-3H3. The van der Waals surface area contributed by atoms with Crippen LogP contribution in [0.4, 0.5) is 0 Å². The average molecular weight is 322 g/mol. The molecule has 0 radical (unpaired) electrons. The number of nitrogens with zero attached hydrogens (tertiary/aromatic N) is 2. The van der Waals surface area contributed by atoms with Crippen LogP contribution in [0.25, 0.3) is 0 Å². The lowest BCUT2D eigenvalue weighted by Crippen LogP contribution is -2.58. The van der Waals surface area contributed by atoms with Gasteiger partial charge < -0.3 is 10.0 Å². The third kappa shape index (κ3) is 2.34. The molecule has 0 amide bonds. The highest BCUT2D eigenvalue weighted by molar-refractivity contribution is 6.30. The molecule has 0 saturated carbocycles. The summed E-state index contributed by atoms with van der Waals surface area (Å²) in [4.78, 5) is 4.13. The molecule has 2 saturated heterocycles. The fourth-order valence-electron chi connectivity index (χ4n) is 4.13. The second-order valence-electron chi connectivity index (χ2n) is 6.91. The van der Waals surface area contributed by atoms with Crippen molar-refractivity contribution < 1.29 is 5.11 Å². The molecule has 0 aliphatic carbocycles. The van der Waals surface area contributed by atoms with Crippen molar-refractivity contribution in [2.45, 2.75) is 32.0 Å². The van der Waals surface area contributed by atoms with Crippen molar-refractivity contribution >= 4 is 17.4 Å². The molecule has 2 fully saturated rings. The van der Waals surface area contributed by atoms with Gasteiger partial charge >= 0.3 is 0 Å². The van der Waals surface area contributed by atoms with Gasteiger partial charge in [-0.15, -0.1) is 0 Å². The summed E-state index contributed by atoms with van der Waals surface area (Å²) in [6.45, 7) is 6.24. The first-order valence-electron chi connectivity index (χ1n) is 7.88. The Balaban J connectivity index is 1.87. The second-order valence-corrected chi connectivity index (χ2v) is 7.35. The third-order valence-corrected chi connectivity index (χ3v) is 5.58. The van der Waals surface area contributed by atoms with Crippen molar-refractivity contribution in [3.05, 3.63) is 34.9 Å². The van der Waals surface area contributed by atoms with E-state index in [1.807, 2.05) is 19.2 Å². The number of fused-ring (bicyclic) bond motifs is 1. The number of halogens is 1. The summed E-state index contributed by atoms with van der Waals surface area (Å²) in [5.74, 6) is 1.05. The summed E-state index contributed by atoms with van der Waals surface area (Å²) in [7, 11) is 1.83. The first kappa shape index (κ1) is 15.8. The van der Waals surface area contributed by atoms with Crippen molar-refractivity contribution in [1.82, 2.24) is 9.80 Å². The molecule has 4 nitrogen and oxygen atoms in total. The van der Waals surface area contributed by atoms with Gasteiger partial charge in [-0.1, -0.05) is 25.4 Å². The zero-order valence-corrected chi connectivity index (χ0v) is 14.1. The Morgan fingerprint density at radius 3 is 2.59 bits per heavy atom. The molecule has 4 atom stereocenters. The summed E-state index contributed by atoms with van der Waals surface area (Å²) in [6.07, 6.45) is 0.985. The molecule has 2 aliphatic heterocycles. The van der Waals surface area contributed by atoms with Gasteiger partial charge in [0.2, 0.25) is 0 Å². The van der Waals surface area contributed by atoms with Gasteiger partial charge in [-0.25, -0.2) is 0 Å². The molecule has 22 heavy (non-hydrogen) atoms. The van der Waals surface area contributed by atoms with E-state index in [0.29, 0.717) is 16.8 Å². The molecule has 120 valence electrons. The molecule has 3 rings (SSSR count). The predicted octanol–water partition coefficient (Wildman–Crippen LogP) is 2.65. The summed E-state index contributed by atoms with van der Waals surface area (Å²) < 4.78 is 0. The number of nitrogens with one attached hydrogen (secondary N) is 1. The summed E-state index contributed by atoms with van der Waals surface area (Å²) in [5, 5.41) is 20.6. The van der Waals surface area contributed by atoms with E-state index in [1.165, 1.54) is 0 Å². The second kappa shape index (κ2) is 5.52. The highest BCUT2D eigenvalue weighted by atomic mass is 35.5. The van der Waals surface area contributed by atoms with Crippen LogP contribution in [0.2, 0.25) is 5.02 Å². The molecule has 2 heterocycles. The minimum absolute atomic E-state index is 0.107. The Labute approximate surface area is 137 Å². The molecule has 5 heteroatoms. The van der Waals surface area contributed by atoms with Gasteiger partial charge in [0.15, 0.2) is 5.72 Å². The van der Waals surface area contributed by atoms with Gasteiger partial charge in [0.1, 0.15) is 5.84 Å². The zero-order valence-electron chi connectivity index (χ0n) is 13.4. The van der Waals surface area contributed by atoms with Crippen molar-refractivity contribution in [2.75, 3.05) is 20.1 Å². The zero-order chi connectivity index (χ0) is 16.1. The lowest BCUT2D eigenvalue weighted by molar-refractivity contribution is -0.103. The Hall–Kier alpha value is -1.10. The first-order valence-corrected chi connectivity index (χ1v) is 8.26. The number of hydrogen-bond acceptors (Lipinski definition) is 3. The number of aliphatic hydroxyl groups is 1. The number of hydrogen-bond donors (Lipinski definition) is 2. The highest BCUT2D eigenvalue weighted by Gasteiger charge is 2.57. The fourth-order valence-corrected chi connectivity index (χ4v) is 4.25. The Morgan fingerprint density at radius 2 is 1.95 bits per heavy atom. The number of benzene rings is 1. The van der Waals surface area contributed by atoms with E-state index in [-0.39, 0.29) is 12.0 Å². The SMILES string of the molecule is CC1CC2N(C1)CC(C)C2(O)N(C)C(=N)c1ccc(Cl)cc1. The van der Waals surface area contributed by atoms with E-state index in [9.17, 15) is 5.11 Å². The maximum atomic E-state index is 11.4. The van der Waals surface area contributed by atoms with Gasteiger partial charge in [-0.05, 0) is 36.6 Å².